The van der Waals surface area contributed by atoms with Crippen LogP contribution in [0.1, 0.15) is 34.0 Å². The Labute approximate surface area is 158 Å². The summed E-state index contributed by atoms with van der Waals surface area (Å²) in [6, 6.07) is 11.3. The quantitative estimate of drug-likeness (QED) is 0.813. The number of allylic oxidation sites excluding steroid dienone is 1. The van der Waals surface area contributed by atoms with E-state index in [-0.39, 0.29) is 11.5 Å². The number of ether oxygens (including phenoxy) is 2. The maximum Gasteiger partial charge on any atom is 0.231 e. The lowest BCUT2D eigenvalue weighted by molar-refractivity contribution is -0.921. The lowest BCUT2D eigenvalue weighted by Gasteiger charge is -2.24. The van der Waals surface area contributed by atoms with Gasteiger partial charge in [-0.25, -0.2) is 0 Å². The average molecular weight is 366 g/mol. The van der Waals surface area contributed by atoms with Crippen LogP contribution in [0.2, 0.25) is 0 Å². The second-order valence-corrected chi connectivity index (χ2v) is 7.01. The number of phenolic OH excluding ortho intramolecular Hbond substituents is 1. The van der Waals surface area contributed by atoms with Gasteiger partial charge in [-0.3, -0.25) is 4.79 Å². The van der Waals surface area contributed by atoms with E-state index >= 15 is 0 Å². The fourth-order valence-corrected chi connectivity index (χ4v) is 3.56. The molecule has 0 aliphatic carbocycles. The van der Waals surface area contributed by atoms with Gasteiger partial charge < -0.3 is 19.5 Å². The number of hydrogen-bond acceptors (Lipinski definition) is 4. The van der Waals surface area contributed by atoms with Crippen LogP contribution < -0.4 is 9.64 Å². The van der Waals surface area contributed by atoms with Crippen molar-refractivity contribution in [3.8, 4) is 11.5 Å². The van der Waals surface area contributed by atoms with E-state index in [2.05, 4.69) is 19.1 Å². The smallest absolute Gasteiger partial charge is 0.231 e. The van der Waals surface area contributed by atoms with Gasteiger partial charge in [0.2, 0.25) is 5.78 Å². The van der Waals surface area contributed by atoms with Crippen molar-refractivity contribution in [3.05, 3.63) is 64.4 Å². The standard InChI is InChI=1S/C22H23NO4/c1-2-15-3-5-16(6-4-15)13-20-21(25)17-7-8-19(24)18(22(17)27-20)14-23-9-11-26-12-10-23/h3-8,13,24H,2,9-12,14H2,1H3/p+1/b20-13+. The third kappa shape index (κ3) is 3.61. The molecule has 2 aromatic rings. The Balaban J connectivity index is 1.62. The van der Waals surface area contributed by atoms with Crippen molar-refractivity contribution in [2.24, 2.45) is 0 Å². The second-order valence-electron chi connectivity index (χ2n) is 7.01. The molecule has 140 valence electrons. The fraction of sp³-hybridized carbons (Fsp3) is 0.318. The highest BCUT2D eigenvalue weighted by molar-refractivity contribution is 6.14. The van der Waals surface area contributed by atoms with Gasteiger partial charge in [-0.2, -0.15) is 0 Å². The molecule has 2 aliphatic heterocycles. The topological polar surface area (TPSA) is 60.2 Å². The van der Waals surface area contributed by atoms with Gasteiger partial charge in [-0.05, 0) is 35.8 Å². The number of aryl methyl sites for hydroxylation is 1. The van der Waals surface area contributed by atoms with Gasteiger partial charge >= 0.3 is 0 Å². The number of carbonyl (C=O) groups excluding carboxylic acids is 1. The predicted octanol–water partition coefficient (Wildman–Crippen LogP) is 1.99. The third-order valence-electron chi connectivity index (χ3n) is 5.23. The lowest BCUT2D eigenvalue weighted by atomic mass is 10.0. The molecule has 0 aromatic heterocycles. The van der Waals surface area contributed by atoms with Crippen LogP contribution >= 0.6 is 0 Å². The molecule has 2 N–H and O–H groups in total. The molecule has 0 amide bonds. The molecule has 5 nitrogen and oxygen atoms in total. The molecular formula is C22H24NO4+. The number of rotatable bonds is 4. The van der Waals surface area contributed by atoms with Gasteiger partial charge in [-0.15, -0.1) is 0 Å². The summed E-state index contributed by atoms with van der Waals surface area (Å²) in [5, 5.41) is 10.4. The second kappa shape index (κ2) is 7.55. The van der Waals surface area contributed by atoms with E-state index in [1.807, 2.05) is 12.1 Å². The van der Waals surface area contributed by atoms with Crippen LogP contribution in [0.4, 0.5) is 0 Å². The number of carbonyl (C=O) groups is 1. The van der Waals surface area contributed by atoms with E-state index < -0.39 is 0 Å². The number of ketones is 1. The van der Waals surface area contributed by atoms with Crippen molar-refractivity contribution in [3.63, 3.8) is 0 Å². The van der Waals surface area contributed by atoms with E-state index in [0.29, 0.717) is 42.4 Å². The van der Waals surface area contributed by atoms with Crippen molar-refractivity contribution >= 4 is 11.9 Å². The average Bonchev–Trinajstić information content (AvgIpc) is 3.01. The predicted molar refractivity (Wildman–Crippen MR) is 102 cm³/mol. The summed E-state index contributed by atoms with van der Waals surface area (Å²) in [7, 11) is 0. The normalized spacial score (nSPS) is 18.6. The summed E-state index contributed by atoms with van der Waals surface area (Å²) in [5.74, 6) is 0.838. The molecule has 0 bridgehead atoms. The molecule has 2 aliphatic rings. The minimum atomic E-state index is -0.136. The number of hydrogen-bond donors (Lipinski definition) is 2. The summed E-state index contributed by atoms with van der Waals surface area (Å²) in [5.41, 5.74) is 3.39. The highest BCUT2D eigenvalue weighted by atomic mass is 16.5. The fourth-order valence-electron chi connectivity index (χ4n) is 3.56. The van der Waals surface area contributed by atoms with Crippen molar-refractivity contribution in [2.45, 2.75) is 19.9 Å². The Morgan fingerprint density at radius 3 is 2.56 bits per heavy atom. The largest absolute Gasteiger partial charge is 0.507 e. The summed E-state index contributed by atoms with van der Waals surface area (Å²) < 4.78 is 11.3. The number of nitrogens with one attached hydrogen (secondary N) is 1. The van der Waals surface area contributed by atoms with Gasteiger partial charge in [0.05, 0.1) is 24.3 Å². The Morgan fingerprint density at radius 1 is 1.11 bits per heavy atom. The number of morpholine rings is 1. The van der Waals surface area contributed by atoms with Crippen LogP contribution in [0.25, 0.3) is 6.08 Å². The maximum absolute atomic E-state index is 12.8. The molecule has 0 atom stereocenters. The molecule has 27 heavy (non-hydrogen) atoms. The number of aromatic hydroxyl groups is 1. The monoisotopic (exact) mass is 366 g/mol. The molecule has 4 rings (SSSR count). The summed E-state index contributed by atoms with van der Waals surface area (Å²) in [6.45, 7) is 5.91. The Morgan fingerprint density at radius 2 is 1.85 bits per heavy atom. The first-order valence-electron chi connectivity index (χ1n) is 9.45. The SMILES string of the molecule is CCc1ccc(/C=C2/Oc3c(ccc(O)c3C[NH+]3CCOCC3)C2=O)cc1. The van der Waals surface area contributed by atoms with E-state index in [4.69, 9.17) is 9.47 Å². The zero-order chi connectivity index (χ0) is 18.8. The summed E-state index contributed by atoms with van der Waals surface area (Å²) >= 11 is 0. The van der Waals surface area contributed by atoms with Crippen molar-refractivity contribution in [2.75, 3.05) is 26.3 Å². The summed E-state index contributed by atoms with van der Waals surface area (Å²) in [4.78, 5) is 14.1. The molecule has 2 heterocycles. The number of quaternary nitrogens is 1. The number of benzene rings is 2. The highest BCUT2D eigenvalue weighted by Crippen LogP contribution is 2.39. The van der Waals surface area contributed by atoms with E-state index in [9.17, 15) is 9.90 Å². The molecule has 1 saturated heterocycles. The Kier molecular flexibility index (Phi) is 4.97. The van der Waals surface area contributed by atoms with Crippen LogP contribution in [0.5, 0.6) is 11.5 Å². The minimum Gasteiger partial charge on any atom is -0.507 e. The van der Waals surface area contributed by atoms with Gasteiger partial charge in [0, 0.05) is 0 Å². The van der Waals surface area contributed by atoms with Crippen molar-refractivity contribution < 1.29 is 24.3 Å². The first-order valence-corrected chi connectivity index (χ1v) is 9.45. The minimum absolute atomic E-state index is 0.136. The van der Waals surface area contributed by atoms with Crippen LogP contribution in [-0.4, -0.2) is 37.2 Å². The lowest BCUT2D eigenvalue weighted by Crippen LogP contribution is -3.12. The summed E-state index contributed by atoms with van der Waals surface area (Å²) in [6.07, 6.45) is 2.74. The number of Topliss-reactive ketones (excluding diaryl/α,β-unsaturated/α-hetero) is 1. The first-order chi connectivity index (χ1) is 13.2. The van der Waals surface area contributed by atoms with Gasteiger partial charge in [0.1, 0.15) is 25.4 Å². The highest BCUT2D eigenvalue weighted by Gasteiger charge is 2.32. The molecule has 0 unspecified atom stereocenters. The van der Waals surface area contributed by atoms with Crippen molar-refractivity contribution in [1.82, 2.24) is 0 Å². The molecular weight excluding hydrogens is 342 g/mol. The van der Waals surface area contributed by atoms with E-state index in [0.717, 1.165) is 25.1 Å². The van der Waals surface area contributed by atoms with Crippen LogP contribution in [0.3, 0.4) is 0 Å². The Hall–Kier alpha value is -2.63. The number of phenols is 1. The molecule has 1 fully saturated rings. The van der Waals surface area contributed by atoms with Crippen LogP contribution in [0, 0.1) is 0 Å². The Bertz CT molecular complexity index is 880. The van der Waals surface area contributed by atoms with E-state index in [1.54, 1.807) is 18.2 Å². The molecule has 2 aromatic carbocycles. The number of fused-ring (bicyclic) bond motifs is 1. The van der Waals surface area contributed by atoms with Gasteiger partial charge in [0.25, 0.3) is 0 Å². The first kappa shape index (κ1) is 17.8. The maximum atomic E-state index is 12.8. The zero-order valence-corrected chi connectivity index (χ0v) is 15.5. The van der Waals surface area contributed by atoms with Crippen molar-refractivity contribution in [1.29, 1.82) is 0 Å². The van der Waals surface area contributed by atoms with Crippen LogP contribution in [-0.2, 0) is 17.7 Å². The van der Waals surface area contributed by atoms with E-state index in [1.165, 1.54) is 10.5 Å². The van der Waals surface area contributed by atoms with Gasteiger partial charge in [-0.1, -0.05) is 31.2 Å². The van der Waals surface area contributed by atoms with Crippen LogP contribution in [0.15, 0.2) is 42.2 Å². The van der Waals surface area contributed by atoms with Gasteiger partial charge in [0.15, 0.2) is 11.5 Å². The molecule has 0 saturated carbocycles. The molecule has 5 heteroatoms. The molecule has 0 radical (unpaired) electrons. The molecule has 0 spiro atoms. The third-order valence-corrected chi connectivity index (χ3v) is 5.23. The zero-order valence-electron chi connectivity index (χ0n) is 15.5.